The van der Waals surface area contributed by atoms with Gasteiger partial charge >= 0.3 is 0 Å². The van der Waals surface area contributed by atoms with Gasteiger partial charge in [-0.25, -0.2) is 0 Å². The Hall–Kier alpha value is -3.74. The maximum atomic E-state index is 13.6. The van der Waals surface area contributed by atoms with Gasteiger partial charge in [-0.2, -0.15) is 0 Å². The topological polar surface area (TPSA) is 91.0 Å². The minimum absolute atomic E-state index is 0.0239. The van der Waals surface area contributed by atoms with Gasteiger partial charge in [-0.15, -0.1) is 0 Å². The molecule has 1 aromatic heterocycles. The van der Waals surface area contributed by atoms with Crippen molar-refractivity contribution >= 4 is 45.9 Å². The highest BCUT2D eigenvalue weighted by Crippen LogP contribution is 2.40. The minimum atomic E-state index is -0.911. The number of carbonyl (C=O) groups excluding carboxylic acids is 2. The molecule has 0 radical (unpaired) electrons. The quantitative estimate of drug-likeness (QED) is 0.300. The summed E-state index contributed by atoms with van der Waals surface area (Å²) in [6, 6.07) is 19.1. The smallest absolute Gasteiger partial charge is 0.290 e. The zero-order valence-corrected chi connectivity index (χ0v) is 19.8. The summed E-state index contributed by atoms with van der Waals surface area (Å²) < 4.78 is 5.72. The number of aliphatic hydroxyl groups excluding tert-OH is 1. The van der Waals surface area contributed by atoms with Crippen LogP contribution in [0.5, 0.6) is 5.75 Å². The summed E-state index contributed by atoms with van der Waals surface area (Å²) in [7, 11) is 0. The number of ketones is 1. The molecule has 35 heavy (non-hydrogen) atoms. The molecule has 176 valence electrons. The molecule has 1 aliphatic heterocycles. The Morgan fingerprint density at radius 2 is 1.69 bits per heavy atom. The SMILES string of the molecule is O=C(C1=C(O)C(=O)N(CCc2ccc(Cl)cc2)C1c1cccc(O)c1)c1cc2cc(Cl)ccc2o1. The number of benzene rings is 3. The summed E-state index contributed by atoms with van der Waals surface area (Å²) >= 11 is 12.0. The number of hydrogen-bond acceptors (Lipinski definition) is 5. The summed E-state index contributed by atoms with van der Waals surface area (Å²) in [5, 5.41) is 22.6. The van der Waals surface area contributed by atoms with Crippen molar-refractivity contribution in [1.29, 1.82) is 0 Å². The first-order valence-corrected chi connectivity index (χ1v) is 11.6. The molecule has 4 aromatic rings. The Labute approximate surface area is 210 Å². The molecule has 0 bridgehead atoms. The number of furan rings is 1. The molecule has 0 spiro atoms. The largest absolute Gasteiger partial charge is 0.508 e. The number of Topliss-reactive ketones (excluding diaryl/α,β-unsaturated/α-hetero) is 1. The Kier molecular flexibility index (Phi) is 6.01. The average Bonchev–Trinajstić information content (AvgIpc) is 3.37. The number of fused-ring (bicyclic) bond motifs is 1. The molecule has 8 heteroatoms. The van der Waals surface area contributed by atoms with Crippen LogP contribution in [0.2, 0.25) is 10.0 Å². The summed E-state index contributed by atoms with van der Waals surface area (Å²) in [6.45, 7) is 0.220. The van der Waals surface area contributed by atoms with Crippen molar-refractivity contribution in [3.05, 3.63) is 111 Å². The van der Waals surface area contributed by atoms with Gasteiger partial charge in [-0.3, -0.25) is 9.59 Å². The van der Waals surface area contributed by atoms with Crippen LogP contribution in [0.4, 0.5) is 0 Å². The second kappa shape index (κ2) is 9.13. The van der Waals surface area contributed by atoms with Crippen molar-refractivity contribution in [2.75, 3.05) is 6.54 Å². The third-order valence-corrected chi connectivity index (χ3v) is 6.48. The highest BCUT2D eigenvalue weighted by atomic mass is 35.5. The van der Waals surface area contributed by atoms with Crippen molar-refractivity contribution in [3.63, 3.8) is 0 Å². The fourth-order valence-corrected chi connectivity index (χ4v) is 4.62. The van der Waals surface area contributed by atoms with Gasteiger partial charge in [0.25, 0.3) is 5.91 Å². The van der Waals surface area contributed by atoms with Crippen LogP contribution in [0, 0.1) is 0 Å². The van der Waals surface area contributed by atoms with E-state index in [0.717, 1.165) is 5.56 Å². The first-order chi connectivity index (χ1) is 16.8. The molecule has 2 heterocycles. The van der Waals surface area contributed by atoms with Gasteiger partial charge < -0.3 is 19.5 Å². The number of phenols is 1. The number of aromatic hydroxyl groups is 1. The number of phenolic OH excluding ortho intramolecular Hbond substituents is 1. The Bertz CT molecular complexity index is 1490. The zero-order chi connectivity index (χ0) is 24.7. The molecular formula is C27H19Cl2NO5. The first kappa shape index (κ1) is 23.0. The van der Waals surface area contributed by atoms with E-state index >= 15 is 0 Å². The molecule has 3 aromatic carbocycles. The number of amides is 1. The second-order valence-corrected chi connectivity index (χ2v) is 9.13. The van der Waals surface area contributed by atoms with E-state index in [-0.39, 0.29) is 23.6 Å². The predicted octanol–water partition coefficient (Wildman–Crippen LogP) is 6.27. The molecule has 1 unspecified atom stereocenters. The molecule has 6 nitrogen and oxygen atoms in total. The van der Waals surface area contributed by atoms with Crippen molar-refractivity contribution in [1.82, 2.24) is 4.90 Å². The van der Waals surface area contributed by atoms with Gasteiger partial charge in [0, 0.05) is 22.0 Å². The monoisotopic (exact) mass is 507 g/mol. The normalized spacial score (nSPS) is 15.9. The van der Waals surface area contributed by atoms with E-state index in [9.17, 15) is 19.8 Å². The van der Waals surface area contributed by atoms with Crippen LogP contribution in [0.3, 0.4) is 0 Å². The number of carbonyl (C=O) groups is 2. The summed E-state index contributed by atoms with van der Waals surface area (Å²) in [4.78, 5) is 28.2. The standard InChI is InChI=1S/C27H19Cl2NO5/c28-18-6-4-15(5-7-18)10-11-30-24(16-2-1-3-20(31)13-16)23(26(33)27(30)34)25(32)22-14-17-12-19(29)8-9-21(17)35-22/h1-9,12-14,24,31,33H,10-11H2. The van der Waals surface area contributed by atoms with Gasteiger partial charge in [0.15, 0.2) is 11.5 Å². The number of hydrogen-bond donors (Lipinski definition) is 2. The summed E-state index contributed by atoms with van der Waals surface area (Å²) in [5.41, 5.74) is 1.77. The second-order valence-electron chi connectivity index (χ2n) is 8.26. The lowest BCUT2D eigenvalue weighted by Crippen LogP contribution is -2.33. The number of rotatable bonds is 6. The Balaban J connectivity index is 1.54. The summed E-state index contributed by atoms with van der Waals surface area (Å²) in [5.74, 6) is -1.98. The van der Waals surface area contributed by atoms with E-state index in [1.54, 1.807) is 42.5 Å². The van der Waals surface area contributed by atoms with Gasteiger partial charge in [0.05, 0.1) is 11.6 Å². The number of halogens is 2. The maximum absolute atomic E-state index is 13.6. The van der Waals surface area contributed by atoms with Crippen molar-refractivity contribution in [2.24, 2.45) is 0 Å². The van der Waals surface area contributed by atoms with Crippen LogP contribution in [0.25, 0.3) is 11.0 Å². The van der Waals surface area contributed by atoms with Gasteiger partial charge in [0.2, 0.25) is 5.78 Å². The Morgan fingerprint density at radius 1 is 0.943 bits per heavy atom. The van der Waals surface area contributed by atoms with Crippen molar-refractivity contribution in [2.45, 2.75) is 12.5 Å². The summed E-state index contributed by atoms with van der Waals surface area (Å²) in [6.07, 6.45) is 0.468. The third kappa shape index (κ3) is 4.38. The number of aliphatic hydroxyl groups is 1. The van der Waals surface area contributed by atoms with Gasteiger partial charge in [-0.05, 0) is 66.1 Å². The lowest BCUT2D eigenvalue weighted by molar-refractivity contribution is -0.129. The van der Waals surface area contributed by atoms with E-state index in [1.165, 1.54) is 23.1 Å². The van der Waals surface area contributed by atoms with Crippen LogP contribution in [-0.4, -0.2) is 33.3 Å². The zero-order valence-electron chi connectivity index (χ0n) is 18.2. The highest BCUT2D eigenvalue weighted by molar-refractivity contribution is 6.31. The molecule has 1 aliphatic rings. The molecule has 0 saturated heterocycles. The third-order valence-electron chi connectivity index (χ3n) is 5.99. The van der Waals surface area contributed by atoms with Gasteiger partial charge in [0.1, 0.15) is 11.3 Å². The lowest BCUT2D eigenvalue weighted by atomic mass is 9.94. The van der Waals surface area contributed by atoms with E-state index < -0.39 is 23.5 Å². The van der Waals surface area contributed by atoms with E-state index in [0.29, 0.717) is 33.0 Å². The molecule has 0 aliphatic carbocycles. The van der Waals surface area contributed by atoms with E-state index in [4.69, 9.17) is 27.6 Å². The maximum Gasteiger partial charge on any atom is 0.290 e. The van der Waals surface area contributed by atoms with Crippen LogP contribution in [0.15, 0.2) is 88.5 Å². The fourth-order valence-electron chi connectivity index (χ4n) is 4.32. The van der Waals surface area contributed by atoms with Crippen LogP contribution < -0.4 is 0 Å². The first-order valence-electron chi connectivity index (χ1n) is 10.8. The molecule has 2 N–H and O–H groups in total. The van der Waals surface area contributed by atoms with Crippen LogP contribution in [0.1, 0.15) is 27.7 Å². The molecule has 5 rings (SSSR count). The predicted molar refractivity (Wildman–Crippen MR) is 133 cm³/mol. The fraction of sp³-hybridized carbons (Fsp3) is 0.111. The van der Waals surface area contributed by atoms with E-state index in [2.05, 4.69) is 0 Å². The van der Waals surface area contributed by atoms with Crippen LogP contribution >= 0.6 is 23.2 Å². The molecule has 0 saturated carbocycles. The number of nitrogens with zero attached hydrogens (tertiary/aromatic N) is 1. The van der Waals surface area contributed by atoms with Gasteiger partial charge in [-0.1, -0.05) is 47.5 Å². The molecular weight excluding hydrogens is 489 g/mol. The lowest BCUT2D eigenvalue weighted by Gasteiger charge is -2.27. The molecule has 0 fully saturated rings. The Morgan fingerprint density at radius 3 is 2.43 bits per heavy atom. The van der Waals surface area contributed by atoms with Crippen molar-refractivity contribution in [3.8, 4) is 5.75 Å². The molecule has 1 amide bonds. The highest BCUT2D eigenvalue weighted by Gasteiger charge is 2.44. The average molecular weight is 508 g/mol. The van der Waals surface area contributed by atoms with E-state index in [1.807, 2.05) is 12.1 Å². The van der Waals surface area contributed by atoms with Crippen molar-refractivity contribution < 1.29 is 24.2 Å². The molecule has 1 atom stereocenters. The minimum Gasteiger partial charge on any atom is -0.508 e. The van der Waals surface area contributed by atoms with Crippen LogP contribution in [-0.2, 0) is 11.2 Å².